The van der Waals surface area contributed by atoms with Crippen LogP contribution in [0.4, 0.5) is 4.39 Å². The lowest BCUT2D eigenvalue weighted by Gasteiger charge is -2.07. The fraction of sp³-hybridized carbons (Fsp3) is 0.455. The maximum absolute atomic E-state index is 13.1. The largest absolute Gasteiger partial charge is 0.490 e. The van der Waals surface area contributed by atoms with Gasteiger partial charge in [0.2, 0.25) is 0 Å². The van der Waals surface area contributed by atoms with E-state index in [9.17, 15) is 4.39 Å². The van der Waals surface area contributed by atoms with Crippen molar-refractivity contribution in [3.8, 4) is 5.75 Å². The smallest absolute Gasteiger partial charge is 0.165 e. The molecule has 0 atom stereocenters. The first-order valence-electron chi connectivity index (χ1n) is 4.77. The molecule has 0 fully saturated rings. The summed E-state index contributed by atoms with van der Waals surface area (Å²) < 4.78 is 18.4. The van der Waals surface area contributed by atoms with Crippen LogP contribution in [0.3, 0.4) is 0 Å². The molecule has 0 saturated carbocycles. The molecule has 0 aromatic heterocycles. The molecule has 0 saturated heterocycles. The van der Waals surface area contributed by atoms with Crippen LogP contribution in [-0.2, 0) is 0 Å². The van der Waals surface area contributed by atoms with Gasteiger partial charge >= 0.3 is 0 Å². The summed E-state index contributed by atoms with van der Waals surface area (Å²) in [4.78, 5) is 0. The Morgan fingerprint density at radius 2 is 2.21 bits per heavy atom. The monoisotopic (exact) mass is 197 g/mol. The van der Waals surface area contributed by atoms with Gasteiger partial charge in [0.15, 0.2) is 11.6 Å². The van der Waals surface area contributed by atoms with Crippen molar-refractivity contribution < 1.29 is 9.13 Å². The summed E-state index contributed by atoms with van der Waals surface area (Å²) in [5, 5.41) is 3.01. The summed E-state index contributed by atoms with van der Waals surface area (Å²) in [6.07, 6.45) is 0.879. The summed E-state index contributed by atoms with van der Waals surface area (Å²) in [5.41, 5.74) is 1.01. The molecule has 0 aliphatic heterocycles. The summed E-state index contributed by atoms with van der Waals surface area (Å²) in [7, 11) is 1.88. The maximum Gasteiger partial charge on any atom is 0.165 e. The Kier molecular flexibility index (Phi) is 4.40. The number of benzene rings is 1. The van der Waals surface area contributed by atoms with E-state index in [0.717, 1.165) is 18.5 Å². The van der Waals surface area contributed by atoms with E-state index in [1.54, 1.807) is 12.1 Å². The van der Waals surface area contributed by atoms with E-state index >= 15 is 0 Å². The van der Waals surface area contributed by atoms with Gasteiger partial charge in [0.1, 0.15) is 0 Å². The molecule has 0 aliphatic rings. The lowest BCUT2D eigenvalue weighted by Crippen LogP contribution is -2.11. The quantitative estimate of drug-likeness (QED) is 0.730. The summed E-state index contributed by atoms with van der Waals surface area (Å²) in [6.45, 7) is 3.34. The van der Waals surface area contributed by atoms with Gasteiger partial charge in [-0.2, -0.15) is 0 Å². The van der Waals surface area contributed by atoms with Gasteiger partial charge in [-0.15, -0.1) is 0 Å². The molecule has 0 unspecified atom stereocenters. The van der Waals surface area contributed by atoms with Crippen molar-refractivity contribution in [3.63, 3.8) is 0 Å². The van der Waals surface area contributed by atoms with Crippen LogP contribution >= 0.6 is 0 Å². The molecule has 0 aliphatic carbocycles. The molecule has 1 aromatic carbocycles. The van der Waals surface area contributed by atoms with Crippen molar-refractivity contribution >= 4 is 0 Å². The highest BCUT2D eigenvalue weighted by atomic mass is 19.1. The van der Waals surface area contributed by atoms with Gasteiger partial charge in [-0.05, 0) is 44.6 Å². The third-order valence-electron chi connectivity index (χ3n) is 1.92. The minimum atomic E-state index is -0.292. The molecule has 78 valence electrons. The minimum absolute atomic E-state index is 0.292. The zero-order valence-electron chi connectivity index (χ0n) is 8.64. The zero-order chi connectivity index (χ0) is 10.4. The highest BCUT2D eigenvalue weighted by Crippen LogP contribution is 2.18. The van der Waals surface area contributed by atoms with E-state index in [1.807, 2.05) is 14.0 Å². The Labute approximate surface area is 84.1 Å². The number of hydrogen-bond donors (Lipinski definition) is 1. The van der Waals surface area contributed by atoms with Gasteiger partial charge in [0.05, 0.1) is 6.61 Å². The third kappa shape index (κ3) is 3.34. The van der Waals surface area contributed by atoms with E-state index in [0.29, 0.717) is 12.4 Å². The minimum Gasteiger partial charge on any atom is -0.490 e. The van der Waals surface area contributed by atoms with Crippen molar-refractivity contribution in [2.24, 2.45) is 0 Å². The molecule has 0 bridgehead atoms. The number of nitrogens with one attached hydrogen (secondary N) is 1. The Morgan fingerprint density at radius 1 is 1.43 bits per heavy atom. The first-order valence-corrected chi connectivity index (χ1v) is 4.77. The number of aryl methyl sites for hydroxylation is 1. The Hall–Kier alpha value is -1.09. The molecule has 3 heteroatoms. The molecule has 0 heterocycles. The van der Waals surface area contributed by atoms with E-state index in [2.05, 4.69) is 5.32 Å². The van der Waals surface area contributed by atoms with Gasteiger partial charge < -0.3 is 10.1 Å². The SMILES string of the molecule is CNCCCOc1cc(C)ccc1F. The van der Waals surface area contributed by atoms with Crippen molar-refractivity contribution in [3.05, 3.63) is 29.6 Å². The van der Waals surface area contributed by atoms with E-state index < -0.39 is 0 Å². The van der Waals surface area contributed by atoms with E-state index in [-0.39, 0.29) is 5.82 Å². The average molecular weight is 197 g/mol. The number of halogens is 1. The van der Waals surface area contributed by atoms with E-state index in [1.165, 1.54) is 6.07 Å². The third-order valence-corrected chi connectivity index (χ3v) is 1.92. The normalized spacial score (nSPS) is 10.2. The molecular weight excluding hydrogens is 181 g/mol. The molecule has 14 heavy (non-hydrogen) atoms. The van der Waals surface area contributed by atoms with Crippen molar-refractivity contribution in [1.82, 2.24) is 5.32 Å². The summed E-state index contributed by atoms with van der Waals surface area (Å²) in [5.74, 6) is 0.0566. The summed E-state index contributed by atoms with van der Waals surface area (Å²) >= 11 is 0. The predicted molar refractivity (Wildman–Crippen MR) is 55.2 cm³/mol. The van der Waals surface area contributed by atoms with Crippen LogP contribution in [0.25, 0.3) is 0 Å². The molecule has 1 aromatic rings. The van der Waals surface area contributed by atoms with Gasteiger partial charge in [-0.25, -0.2) is 4.39 Å². The van der Waals surface area contributed by atoms with Crippen LogP contribution in [0.5, 0.6) is 5.75 Å². The van der Waals surface area contributed by atoms with Crippen LogP contribution in [0.1, 0.15) is 12.0 Å². The highest BCUT2D eigenvalue weighted by molar-refractivity contribution is 5.29. The topological polar surface area (TPSA) is 21.3 Å². The van der Waals surface area contributed by atoms with Crippen molar-refractivity contribution in [2.45, 2.75) is 13.3 Å². The zero-order valence-corrected chi connectivity index (χ0v) is 8.64. The second-order valence-electron chi connectivity index (χ2n) is 3.24. The van der Waals surface area contributed by atoms with Gasteiger partial charge in [-0.1, -0.05) is 6.07 Å². The fourth-order valence-corrected chi connectivity index (χ4v) is 1.15. The Balaban J connectivity index is 2.45. The number of hydrogen-bond acceptors (Lipinski definition) is 2. The van der Waals surface area contributed by atoms with Crippen molar-refractivity contribution in [1.29, 1.82) is 0 Å². The van der Waals surface area contributed by atoms with Crippen molar-refractivity contribution in [2.75, 3.05) is 20.2 Å². The molecule has 2 nitrogen and oxygen atoms in total. The second kappa shape index (κ2) is 5.60. The fourth-order valence-electron chi connectivity index (χ4n) is 1.15. The van der Waals surface area contributed by atoms with Gasteiger partial charge in [0.25, 0.3) is 0 Å². The first-order chi connectivity index (χ1) is 6.74. The molecular formula is C11H16FNO. The standard InChI is InChI=1S/C11H16FNO/c1-9-4-5-10(12)11(8-9)14-7-3-6-13-2/h4-5,8,13H,3,6-7H2,1-2H3. The Morgan fingerprint density at radius 3 is 2.93 bits per heavy atom. The molecule has 0 amide bonds. The Bertz CT molecular complexity index is 289. The number of ether oxygens (including phenoxy) is 1. The lowest BCUT2D eigenvalue weighted by atomic mass is 10.2. The first kappa shape index (κ1) is 11.0. The lowest BCUT2D eigenvalue weighted by molar-refractivity contribution is 0.294. The molecule has 1 rings (SSSR count). The van der Waals surface area contributed by atoms with Crippen LogP contribution in [0, 0.1) is 12.7 Å². The maximum atomic E-state index is 13.1. The summed E-state index contributed by atoms with van der Waals surface area (Å²) in [6, 6.07) is 4.88. The van der Waals surface area contributed by atoms with Crippen LogP contribution in [0.15, 0.2) is 18.2 Å². The predicted octanol–water partition coefficient (Wildman–Crippen LogP) is 2.12. The molecule has 1 N–H and O–H groups in total. The van der Waals surface area contributed by atoms with E-state index in [4.69, 9.17) is 4.74 Å². The highest BCUT2D eigenvalue weighted by Gasteiger charge is 2.02. The van der Waals surface area contributed by atoms with Gasteiger partial charge in [0, 0.05) is 0 Å². The van der Waals surface area contributed by atoms with Crippen LogP contribution in [-0.4, -0.2) is 20.2 Å². The second-order valence-corrected chi connectivity index (χ2v) is 3.24. The average Bonchev–Trinajstić information content (AvgIpc) is 2.18. The molecule has 0 spiro atoms. The van der Waals surface area contributed by atoms with Crippen LogP contribution in [0.2, 0.25) is 0 Å². The van der Waals surface area contributed by atoms with Crippen LogP contribution < -0.4 is 10.1 Å². The molecule has 0 radical (unpaired) electrons. The van der Waals surface area contributed by atoms with Gasteiger partial charge in [-0.3, -0.25) is 0 Å². The number of rotatable bonds is 5.